The van der Waals surface area contributed by atoms with Gasteiger partial charge in [0.2, 0.25) is 0 Å². The zero-order chi connectivity index (χ0) is 19.3. The Morgan fingerprint density at radius 3 is 2.70 bits per heavy atom. The van der Waals surface area contributed by atoms with Crippen LogP contribution < -0.4 is 10.1 Å². The SMILES string of the molecule is C[C@H](Oc1ccc(F)cc1Br)C(=O)NCC1(N2CCOCC2)CCCCC1. The Labute approximate surface area is 168 Å². The lowest BCUT2D eigenvalue weighted by molar-refractivity contribution is -0.128. The van der Waals surface area contributed by atoms with Gasteiger partial charge in [-0.2, -0.15) is 0 Å². The molecule has 1 aromatic carbocycles. The highest BCUT2D eigenvalue weighted by Crippen LogP contribution is 2.34. The highest BCUT2D eigenvalue weighted by molar-refractivity contribution is 9.10. The van der Waals surface area contributed by atoms with E-state index in [-0.39, 0.29) is 17.3 Å². The number of morpholine rings is 1. The minimum atomic E-state index is -0.655. The summed E-state index contributed by atoms with van der Waals surface area (Å²) in [7, 11) is 0. The number of hydrogen-bond donors (Lipinski definition) is 1. The van der Waals surface area contributed by atoms with Crippen LogP contribution in [0.1, 0.15) is 39.0 Å². The topological polar surface area (TPSA) is 50.8 Å². The number of amides is 1. The summed E-state index contributed by atoms with van der Waals surface area (Å²) in [4.78, 5) is 15.1. The average molecular weight is 443 g/mol. The van der Waals surface area contributed by atoms with Crippen molar-refractivity contribution < 1.29 is 18.7 Å². The molecule has 150 valence electrons. The van der Waals surface area contributed by atoms with Crippen LogP contribution in [0.25, 0.3) is 0 Å². The number of nitrogens with one attached hydrogen (secondary N) is 1. The molecule has 5 nitrogen and oxygen atoms in total. The second-order valence-corrected chi connectivity index (χ2v) is 8.29. The van der Waals surface area contributed by atoms with Gasteiger partial charge in [-0.25, -0.2) is 4.39 Å². The molecular weight excluding hydrogens is 415 g/mol. The third-order valence-electron chi connectivity index (χ3n) is 5.62. The van der Waals surface area contributed by atoms with Crippen LogP contribution >= 0.6 is 15.9 Å². The molecule has 27 heavy (non-hydrogen) atoms. The molecule has 0 radical (unpaired) electrons. The van der Waals surface area contributed by atoms with E-state index in [9.17, 15) is 9.18 Å². The number of rotatable bonds is 6. The van der Waals surface area contributed by atoms with Crippen molar-refractivity contribution in [2.45, 2.75) is 50.7 Å². The number of halogens is 2. The van der Waals surface area contributed by atoms with Crippen molar-refractivity contribution in [1.29, 1.82) is 0 Å². The van der Waals surface area contributed by atoms with Gasteiger partial charge in [0.15, 0.2) is 6.10 Å². The molecule has 2 aliphatic rings. The van der Waals surface area contributed by atoms with Crippen molar-refractivity contribution in [3.05, 3.63) is 28.5 Å². The van der Waals surface area contributed by atoms with Gasteiger partial charge in [0.1, 0.15) is 11.6 Å². The van der Waals surface area contributed by atoms with Crippen molar-refractivity contribution in [1.82, 2.24) is 10.2 Å². The molecule has 2 fully saturated rings. The summed E-state index contributed by atoms with van der Waals surface area (Å²) in [6.45, 7) is 5.70. The molecule has 1 saturated carbocycles. The summed E-state index contributed by atoms with van der Waals surface area (Å²) >= 11 is 3.27. The zero-order valence-corrected chi connectivity index (χ0v) is 17.4. The molecule has 1 N–H and O–H groups in total. The Kier molecular flexibility index (Phi) is 7.11. The summed E-state index contributed by atoms with van der Waals surface area (Å²) in [5, 5.41) is 3.11. The fraction of sp³-hybridized carbons (Fsp3) is 0.650. The van der Waals surface area contributed by atoms with Crippen molar-refractivity contribution >= 4 is 21.8 Å². The van der Waals surface area contributed by atoms with Crippen LogP contribution in [0.4, 0.5) is 4.39 Å². The Morgan fingerprint density at radius 1 is 1.33 bits per heavy atom. The van der Waals surface area contributed by atoms with Crippen molar-refractivity contribution in [3.63, 3.8) is 0 Å². The first-order valence-electron chi connectivity index (χ1n) is 9.72. The second kappa shape index (κ2) is 9.34. The predicted octanol–water partition coefficient (Wildman–Crippen LogP) is 3.51. The zero-order valence-electron chi connectivity index (χ0n) is 15.8. The second-order valence-electron chi connectivity index (χ2n) is 7.44. The van der Waals surface area contributed by atoms with E-state index in [2.05, 4.69) is 26.1 Å². The fourth-order valence-corrected chi connectivity index (χ4v) is 4.51. The van der Waals surface area contributed by atoms with E-state index >= 15 is 0 Å². The standard InChI is InChI=1S/C20H28BrFN2O3/c1-15(27-18-6-5-16(22)13-17(18)21)19(25)23-14-20(7-3-2-4-8-20)24-9-11-26-12-10-24/h5-6,13,15H,2-4,7-12,14H2,1H3,(H,23,25)/t15-/m0/s1. The fourth-order valence-electron chi connectivity index (χ4n) is 4.06. The quantitative estimate of drug-likeness (QED) is 0.732. The van der Waals surface area contributed by atoms with Crippen LogP contribution in [-0.2, 0) is 9.53 Å². The summed E-state index contributed by atoms with van der Waals surface area (Å²) in [5.41, 5.74) is 0.0217. The van der Waals surface area contributed by atoms with E-state index in [0.717, 1.165) is 39.1 Å². The predicted molar refractivity (Wildman–Crippen MR) is 105 cm³/mol. The molecule has 3 rings (SSSR count). The minimum Gasteiger partial charge on any atom is -0.480 e. The van der Waals surface area contributed by atoms with Crippen molar-refractivity contribution in [3.8, 4) is 5.75 Å². The molecule has 0 aromatic heterocycles. The minimum absolute atomic E-state index is 0.0217. The van der Waals surface area contributed by atoms with Crippen LogP contribution in [0.15, 0.2) is 22.7 Å². The number of carbonyl (C=O) groups excluding carboxylic acids is 1. The Balaban J connectivity index is 1.59. The smallest absolute Gasteiger partial charge is 0.260 e. The van der Waals surface area contributed by atoms with Gasteiger partial charge in [0, 0.05) is 25.2 Å². The maximum Gasteiger partial charge on any atom is 0.260 e. The molecule has 1 atom stereocenters. The molecule has 1 amide bonds. The Bertz CT molecular complexity index is 646. The van der Waals surface area contributed by atoms with Crippen LogP contribution in [-0.4, -0.2) is 55.3 Å². The van der Waals surface area contributed by atoms with E-state index in [1.807, 2.05) is 0 Å². The van der Waals surface area contributed by atoms with Gasteiger partial charge >= 0.3 is 0 Å². The third-order valence-corrected chi connectivity index (χ3v) is 6.24. The lowest BCUT2D eigenvalue weighted by Crippen LogP contribution is -2.60. The average Bonchev–Trinajstić information content (AvgIpc) is 2.69. The molecule has 7 heteroatoms. The molecule has 0 spiro atoms. The van der Waals surface area contributed by atoms with Crippen LogP contribution in [0.3, 0.4) is 0 Å². The first-order chi connectivity index (χ1) is 13.0. The first kappa shape index (κ1) is 20.6. The number of carbonyl (C=O) groups is 1. The molecule has 1 aliphatic heterocycles. The summed E-state index contributed by atoms with van der Waals surface area (Å²) < 4.78 is 24.9. The van der Waals surface area contributed by atoms with E-state index < -0.39 is 6.10 Å². The Morgan fingerprint density at radius 2 is 2.04 bits per heavy atom. The monoisotopic (exact) mass is 442 g/mol. The van der Waals surface area contributed by atoms with E-state index in [1.165, 1.54) is 37.5 Å². The normalized spacial score (nSPS) is 21.4. The summed E-state index contributed by atoms with van der Waals surface area (Å²) in [6, 6.07) is 4.18. The van der Waals surface area contributed by atoms with Gasteiger partial charge in [-0.1, -0.05) is 19.3 Å². The van der Waals surface area contributed by atoms with Gasteiger partial charge in [-0.15, -0.1) is 0 Å². The van der Waals surface area contributed by atoms with Gasteiger partial charge in [0.25, 0.3) is 5.91 Å². The molecule has 1 aromatic rings. The van der Waals surface area contributed by atoms with Crippen molar-refractivity contribution in [2.24, 2.45) is 0 Å². The van der Waals surface area contributed by atoms with Crippen LogP contribution in [0.5, 0.6) is 5.75 Å². The molecule has 1 heterocycles. The van der Waals surface area contributed by atoms with Crippen LogP contribution in [0.2, 0.25) is 0 Å². The third kappa shape index (κ3) is 5.21. The van der Waals surface area contributed by atoms with E-state index in [1.54, 1.807) is 6.92 Å². The van der Waals surface area contributed by atoms with E-state index in [4.69, 9.17) is 9.47 Å². The number of ether oxygens (including phenoxy) is 2. The number of hydrogen-bond acceptors (Lipinski definition) is 4. The summed E-state index contributed by atoms with van der Waals surface area (Å²) in [6.07, 6.45) is 5.21. The highest BCUT2D eigenvalue weighted by atomic mass is 79.9. The lowest BCUT2D eigenvalue weighted by Gasteiger charge is -2.48. The summed E-state index contributed by atoms with van der Waals surface area (Å²) in [5.74, 6) is -0.0416. The Hall–Kier alpha value is -1.18. The number of benzene rings is 1. The molecule has 0 unspecified atom stereocenters. The lowest BCUT2D eigenvalue weighted by atomic mass is 9.79. The van der Waals surface area contributed by atoms with Gasteiger partial charge in [-0.3, -0.25) is 9.69 Å². The molecular formula is C20H28BrFN2O3. The maximum atomic E-state index is 13.2. The maximum absolute atomic E-state index is 13.2. The van der Waals surface area contributed by atoms with Crippen molar-refractivity contribution in [2.75, 3.05) is 32.8 Å². The largest absolute Gasteiger partial charge is 0.480 e. The highest BCUT2D eigenvalue weighted by Gasteiger charge is 2.39. The molecule has 0 bridgehead atoms. The van der Waals surface area contributed by atoms with Crippen LogP contribution in [0, 0.1) is 5.82 Å². The molecule has 1 saturated heterocycles. The van der Waals surface area contributed by atoms with Gasteiger partial charge in [-0.05, 0) is 53.9 Å². The van der Waals surface area contributed by atoms with Gasteiger partial charge in [0.05, 0.1) is 17.7 Å². The molecule has 1 aliphatic carbocycles. The van der Waals surface area contributed by atoms with E-state index in [0.29, 0.717) is 16.8 Å². The number of nitrogens with zero attached hydrogens (tertiary/aromatic N) is 1. The first-order valence-corrected chi connectivity index (χ1v) is 10.5. The van der Waals surface area contributed by atoms with Gasteiger partial charge < -0.3 is 14.8 Å².